The van der Waals surface area contributed by atoms with Gasteiger partial charge in [0.05, 0.1) is 11.6 Å². The number of carbonyl (C=O) groups is 1. The first-order valence-corrected chi connectivity index (χ1v) is 6.88. The van der Waals surface area contributed by atoms with E-state index in [2.05, 4.69) is 0 Å². The Morgan fingerprint density at radius 2 is 2.11 bits per heavy atom. The molecule has 5 heteroatoms. The van der Waals surface area contributed by atoms with Gasteiger partial charge in [0.2, 0.25) is 0 Å². The monoisotopic (exact) mass is 285 g/mol. The first-order valence-electron chi connectivity index (χ1n) is 6.50. The van der Waals surface area contributed by atoms with Crippen LogP contribution < -0.4 is 0 Å². The van der Waals surface area contributed by atoms with E-state index in [1.807, 2.05) is 0 Å². The fourth-order valence-corrected chi connectivity index (χ4v) is 2.75. The van der Waals surface area contributed by atoms with Crippen molar-refractivity contribution in [2.24, 2.45) is 0 Å². The second-order valence-electron chi connectivity index (χ2n) is 4.79. The van der Waals surface area contributed by atoms with Crippen molar-refractivity contribution in [1.29, 1.82) is 0 Å². The zero-order valence-electron chi connectivity index (χ0n) is 10.6. The zero-order chi connectivity index (χ0) is 13.8. The molecular weight excluding hydrogens is 269 g/mol. The largest absolute Gasteiger partial charge is 0.395 e. The van der Waals surface area contributed by atoms with E-state index in [4.69, 9.17) is 16.7 Å². The van der Waals surface area contributed by atoms with E-state index < -0.39 is 5.82 Å². The summed E-state index contributed by atoms with van der Waals surface area (Å²) in [7, 11) is 0. The fraction of sp³-hybridized carbons (Fsp3) is 0.500. The molecule has 0 radical (unpaired) electrons. The van der Waals surface area contributed by atoms with E-state index in [-0.39, 0.29) is 23.6 Å². The molecule has 0 bridgehead atoms. The van der Waals surface area contributed by atoms with Gasteiger partial charge in [0.1, 0.15) is 5.82 Å². The molecule has 3 nitrogen and oxygen atoms in total. The Labute approximate surface area is 117 Å². The lowest BCUT2D eigenvalue weighted by molar-refractivity contribution is 0.0638. The van der Waals surface area contributed by atoms with Crippen molar-refractivity contribution in [2.45, 2.75) is 31.7 Å². The van der Waals surface area contributed by atoms with Gasteiger partial charge in [-0.15, -0.1) is 0 Å². The summed E-state index contributed by atoms with van der Waals surface area (Å²) in [5.41, 5.74) is 0.367. The normalized spacial score (nSPS) is 15.7. The number of amides is 1. The van der Waals surface area contributed by atoms with Gasteiger partial charge in [-0.25, -0.2) is 4.39 Å². The van der Waals surface area contributed by atoms with Gasteiger partial charge in [-0.05, 0) is 31.0 Å². The van der Waals surface area contributed by atoms with Crippen molar-refractivity contribution < 1.29 is 14.3 Å². The highest BCUT2D eigenvalue weighted by Crippen LogP contribution is 2.25. The number of halogens is 2. The Balaban J connectivity index is 2.20. The van der Waals surface area contributed by atoms with E-state index in [9.17, 15) is 9.18 Å². The molecule has 104 valence electrons. The molecule has 1 aromatic rings. The summed E-state index contributed by atoms with van der Waals surface area (Å²) in [6.07, 6.45) is 4.12. The maximum Gasteiger partial charge on any atom is 0.254 e. The number of benzene rings is 1. The second kappa shape index (κ2) is 6.35. The predicted octanol–water partition coefficient (Wildman–Crippen LogP) is 2.86. The standard InChI is InChI=1S/C14H17ClFNO2/c15-12-9-10(5-6-13(12)16)14(19)17(7-8-18)11-3-1-2-4-11/h5-6,9,11,18H,1-4,7-8H2. The zero-order valence-corrected chi connectivity index (χ0v) is 11.4. The van der Waals surface area contributed by atoms with Gasteiger partial charge in [-0.3, -0.25) is 4.79 Å². The highest BCUT2D eigenvalue weighted by molar-refractivity contribution is 6.31. The van der Waals surface area contributed by atoms with Gasteiger partial charge >= 0.3 is 0 Å². The Bertz CT molecular complexity index is 461. The smallest absolute Gasteiger partial charge is 0.254 e. The lowest BCUT2D eigenvalue weighted by Gasteiger charge is -2.28. The molecule has 0 heterocycles. The van der Waals surface area contributed by atoms with Gasteiger partial charge in [0.25, 0.3) is 5.91 Å². The first-order chi connectivity index (χ1) is 9.13. The maximum absolute atomic E-state index is 13.1. The third-order valence-corrected chi connectivity index (χ3v) is 3.82. The molecule has 0 unspecified atom stereocenters. The van der Waals surface area contributed by atoms with Crippen molar-refractivity contribution in [3.63, 3.8) is 0 Å². The molecule has 1 fully saturated rings. The van der Waals surface area contributed by atoms with Gasteiger partial charge < -0.3 is 10.0 Å². The van der Waals surface area contributed by atoms with Crippen LogP contribution in [0, 0.1) is 5.82 Å². The number of aliphatic hydroxyl groups excluding tert-OH is 1. The molecule has 1 amide bonds. The van der Waals surface area contributed by atoms with Crippen molar-refractivity contribution in [1.82, 2.24) is 4.90 Å². The topological polar surface area (TPSA) is 40.5 Å². The summed E-state index contributed by atoms with van der Waals surface area (Å²) in [5.74, 6) is -0.726. The lowest BCUT2D eigenvalue weighted by Crippen LogP contribution is -2.40. The van der Waals surface area contributed by atoms with E-state index >= 15 is 0 Å². The summed E-state index contributed by atoms with van der Waals surface area (Å²) < 4.78 is 13.1. The van der Waals surface area contributed by atoms with Crippen LogP contribution in [0.1, 0.15) is 36.0 Å². The minimum Gasteiger partial charge on any atom is -0.395 e. The lowest BCUT2D eigenvalue weighted by atomic mass is 10.1. The molecule has 2 rings (SSSR count). The van der Waals surface area contributed by atoms with Crippen LogP contribution in [0.15, 0.2) is 18.2 Å². The highest BCUT2D eigenvalue weighted by atomic mass is 35.5. The Hall–Kier alpha value is -1.13. The predicted molar refractivity (Wildman–Crippen MR) is 71.8 cm³/mol. The number of hydrogen-bond acceptors (Lipinski definition) is 2. The highest BCUT2D eigenvalue weighted by Gasteiger charge is 2.27. The van der Waals surface area contributed by atoms with Crippen LogP contribution in [0.3, 0.4) is 0 Å². The molecule has 1 aliphatic carbocycles. The van der Waals surface area contributed by atoms with Crippen molar-refractivity contribution in [3.05, 3.63) is 34.6 Å². The Morgan fingerprint density at radius 1 is 1.42 bits per heavy atom. The van der Waals surface area contributed by atoms with Crippen molar-refractivity contribution >= 4 is 17.5 Å². The molecule has 1 aromatic carbocycles. The van der Waals surface area contributed by atoms with Gasteiger partial charge in [-0.1, -0.05) is 24.4 Å². The number of nitrogens with zero attached hydrogens (tertiary/aromatic N) is 1. The summed E-state index contributed by atoms with van der Waals surface area (Å²) in [6, 6.07) is 4.14. The van der Waals surface area contributed by atoms with E-state index in [0.29, 0.717) is 12.1 Å². The van der Waals surface area contributed by atoms with Crippen LogP contribution in [0.25, 0.3) is 0 Å². The van der Waals surface area contributed by atoms with Crippen LogP contribution in [0.4, 0.5) is 4.39 Å². The fourth-order valence-electron chi connectivity index (χ4n) is 2.57. The van der Waals surface area contributed by atoms with Crippen molar-refractivity contribution in [3.8, 4) is 0 Å². The third kappa shape index (κ3) is 3.25. The van der Waals surface area contributed by atoms with Crippen molar-refractivity contribution in [2.75, 3.05) is 13.2 Å². The van der Waals surface area contributed by atoms with Crippen LogP contribution in [-0.2, 0) is 0 Å². The van der Waals surface area contributed by atoms with Crippen LogP contribution in [0.5, 0.6) is 0 Å². The van der Waals surface area contributed by atoms with E-state index in [0.717, 1.165) is 25.7 Å². The molecule has 1 saturated carbocycles. The first kappa shape index (κ1) is 14.3. The number of carbonyl (C=O) groups excluding carboxylic acids is 1. The van der Waals surface area contributed by atoms with Crippen LogP contribution in [0.2, 0.25) is 5.02 Å². The molecule has 0 aliphatic heterocycles. The Morgan fingerprint density at radius 3 is 2.68 bits per heavy atom. The number of rotatable bonds is 4. The molecule has 19 heavy (non-hydrogen) atoms. The summed E-state index contributed by atoms with van der Waals surface area (Å²) in [6.45, 7) is 0.232. The summed E-state index contributed by atoms with van der Waals surface area (Å²) >= 11 is 5.70. The average Bonchev–Trinajstić information content (AvgIpc) is 2.92. The molecule has 0 spiro atoms. The Kier molecular flexibility index (Phi) is 4.77. The molecule has 0 aromatic heterocycles. The molecule has 1 N–H and O–H groups in total. The number of aliphatic hydroxyl groups is 1. The molecule has 0 saturated heterocycles. The summed E-state index contributed by atoms with van der Waals surface area (Å²) in [4.78, 5) is 14.1. The summed E-state index contributed by atoms with van der Waals surface area (Å²) in [5, 5.41) is 9.06. The molecule has 0 atom stereocenters. The van der Waals surface area contributed by atoms with E-state index in [1.54, 1.807) is 4.90 Å². The minimum atomic E-state index is -0.534. The minimum absolute atomic E-state index is 0.0544. The van der Waals surface area contributed by atoms with Crippen LogP contribution in [-0.4, -0.2) is 35.1 Å². The molecular formula is C14H17ClFNO2. The maximum atomic E-state index is 13.1. The average molecular weight is 286 g/mol. The second-order valence-corrected chi connectivity index (χ2v) is 5.20. The van der Waals surface area contributed by atoms with E-state index in [1.165, 1.54) is 18.2 Å². The van der Waals surface area contributed by atoms with Gasteiger partial charge in [0, 0.05) is 18.2 Å². The van der Waals surface area contributed by atoms with Gasteiger partial charge in [0.15, 0.2) is 0 Å². The number of hydrogen-bond donors (Lipinski definition) is 1. The SMILES string of the molecule is O=C(c1ccc(F)c(Cl)c1)N(CCO)C1CCCC1. The van der Waals surface area contributed by atoms with Crippen LogP contribution >= 0.6 is 11.6 Å². The molecule has 1 aliphatic rings. The van der Waals surface area contributed by atoms with Gasteiger partial charge in [-0.2, -0.15) is 0 Å². The third-order valence-electron chi connectivity index (χ3n) is 3.53. The quantitative estimate of drug-likeness (QED) is 0.924.